The van der Waals surface area contributed by atoms with Gasteiger partial charge in [-0.15, -0.1) is 0 Å². The number of hydrogen-bond acceptors (Lipinski definition) is 4. The summed E-state index contributed by atoms with van der Waals surface area (Å²) in [5, 5.41) is 0.780. The molecule has 1 aromatic carbocycles. The quantitative estimate of drug-likeness (QED) is 0.529. The number of amides is 1. The number of rotatable bonds is 4. The summed E-state index contributed by atoms with van der Waals surface area (Å²) in [6.45, 7) is 0.0937. The first-order valence-corrected chi connectivity index (χ1v) is 11.9. The number of benzene rings is 1. The second-order valence-corrected chi connectivity index (χ2v) is 9.60. The van der Waals surface area contributed by atoms with Crippen LogP contribution in [0.15, 0.2) is 48.8 Å². The van der Waals surface area contributed by atoms with E-state index in [2.05, 4.69) is 4.98 Å². The maximum absolute atomic E-state index is 13.4. The number of Topliss-reactive ketones (excluding diaryl/α,β-unsaturated/α-hetero) is 1. The Balaban J connectivity index is 1.39. The SMILES string of the molecule is O=C(c1cccc(-n2ccc3cc(C(=O)N4CCC(F)(F)CC4)cnc32)c1)C1CCSC1. The monoisotopic (exact) mass is 455 g/mol. The molecular weight excluding hydrogens is 432 g/mol. The van der Waals surface area contributed by atoms with Crippen LogP contribution in [0.4, 0.5) is 8.78 Å². The van der Waals surface area contributed by atoms with E-state index in [1.54, 1.807) is 6.07 Å². The van der Waals surface area contributed by atoms with Crippen molar-refractivity contribution in [2.75, 3.05) is 24.6 Å². The van der Waals surface area contributed by atoms with Crippen LogP contribution >= 0.6 is 11.8 Å². The minimum absolute atomic E-state index is 0.0468. The van der Waals surface area contributed by atoms with E-state index in [0.717, 1.165) is 29.0 Å². The highest BCUT2D eigenvalue weighted by Crippen LogP contribution is 2.30. The summed E-state index contributed by atoms with van der Waals surface area (Å²) in [6.07, 6.45) is 3.67. The van der Waals surface area contributed by atoms with Gasteiger partial charge < -0.3 is 9.47 Å². The molecule has 0 spiro atoms. The molecule has 1 amide bonds. The molecule has 0 saturated carbocycles. The van der Waals surface area contributed by atoms with Crippen molar-refractivity contribution in [1.29, 1.82) is 0 Å². The number of carbonyl (C=O) groups excluding carboxylic acids is 2. The summed E-state index contributed by atoms with van der Waals surface area (Å²) >= 11 is 1.82. The van der Waals surface area contributed by atoms with E-state index in [1.807, 2.05) is 52.9 Å². The third-order valence-electron chi connectivity index (χ3n) is 6.26. The van der Waals surface area contributed by atoms with Crippen molar-refractivity contribution in [3.05, 3.63) is 59.9 Å². The van der Waals surface area contributed by atoms with Gasteiger partial charge in [-0.05, 0) is 36.4 Å². The minimum Gasteiger partial charge on any atom is -0.338 e. The fraction of sp³-hybridized carbons (Fsp3) is 0.375. The Morgan fingerprint density at radius 1 is 1.09 bits per heavy atom. The molecule has 4 heterocycles. The van der Waals surface area contributed by atoms with Gasteiger partial charge in [-0.1, -0.05) is 12.1 Å². The number of hydrogen-bond donors (Lipinski definition) is 0. The lowest BCUT2D eigenvalue weighted by Crippen LogP contribution is -2.42. The van der Waals surface area contributed by atoms with E-state index < -0.39 is 5.92 Å². The van der Waals surface area contributed by atoms with E-state index >= 15 is 0 Å². The lowest BCUT2D eigenvalue weighted by molar-refractivity contribution is -0.0494. The number of piperidine rings is 1. The van der Waals surface area contributed by atoms with Crippen LogP contribution in [-0.4, -0.2) is 56.7 Å². The topological polar surface area (TPSA) is 55.2 Å². The Morgan fingerprint density at radius 2 is 1.91 bits per heavy atom. The van der Waals surface area contributed by atoms with Crippen LogP contribution in [0.5, 0.6) is 0 Å². The van der Waals surface area contributed by atoms with Gasteiger partial charge in [0.15, 0.2) is 5.78 Å². The van der Waals surface area contributed by atoms with E-state index in [1.165, 1.54) is 11.1 Å². The number of ketones is 1. The molecule has 0 aliphatic carbocycles. The molecule has 8 heteroatoms. The largest absolute Gasteiger partial charge is 0.338 e. The maximum atomic E-state index is 13.4. The zero-order chi connectivity index (χ0) is 22.3. The average molecular weight is 456 g/mol. The smallest absolute Gasteiger partial charge is 0.255 e. The van der Waals surface area contributed by atoms with Crippen LogP contribution in [-0.2, 0) is 0 Å². The van der Waals surface area contributed by atoms with Gasteiger partial charge in [0.2, 0.25) is 0 Å². The van der Waals surface area contributed by atoms with Crippen molar-refractivity contribution in [2.45, 2.75) is 25.2 Å². The van der Waals surface area contributed by atoms with Gasteiger partial charge in [0, 0.05) is 66.6 Å². The second-order valence-electron chi connectivity index (χ2n) is 8.45. The number of thioether (sulfide) groups is 1. The summed E-state index contributed by atoms with van der Waals surface area (Å²) in [5.41, 5.74) is 2.60. The van der Waals surface area contributed by atoms with Crippen LogP contribution in [0.25, 0.3) is 16.7 Å². The number of nitrogens with zero attached hydrogens (tertiary/aromatic N) is 3. The number of alkyl halides is 2. The van der Waals surface area contributed by atoms with Crippen molar-refractivity contribution < 1.29 is 18.4 Å². The van der Waals surface area contributed by atoms with Gasteiger partial charge in [-0.25, -0.2) is 13.8 Å². The van der Waals surface area contributed by atoms with Crippen LogP contribution in [0.1, 0.15) is 40.0 Å². The van der Waals surface area contributed by atoms with Gasteiger partial charge in [0.1, 0.15) is 5.65 Å². The van der Waals surface area contributed by atoms with Crippen LogP contribution in [0, 0.1) is 5.92 Å². The molecule has 5 nitrogen and oxygen atoms in total. The first kappa shape index (κ1) is 21.1. The number of halogens is 2. The summed E-state index contributed by atoms with van der Waals surface area (Å²) in [7, 11) is 0. The molecule has 2 aliphatic heterocycles. The summed E-state index contributed by atoms with van der Waals surface area (Å²) < 4.78 is 28.7. The molecule has 0 radical (unpaired) electrons. The number of fused-ring (bicyclic) bond motifs is 1. The van der Waals surface area contributed by atoms with Crippen LogP contribution in [0.3, 0.4) is 0 Å². The van der Waals surface area contributed by atoms with Crippen molar-refractivity contribution in [1.82, 2.24) is 14.5 Å². The first-order valence-electron chi connectivity index (χ1n) is 10.8. The third kappa shape index (κ3) is 4.03. The zero-order valence-corrected chi connectivity index (χ0v) is 18.3. The van der Waals surface area contributed by atoms with E-state index in [9.17, 15) is 18.4 Å². The molecule has 1 unspecified atom stereocenters. The number of pyridine rings is 1. The molecule has 32 heavy (non-hydrogen) atoms. The highest BCUT2D eigenvalue weighted by atomic mass is 32.2. The first-order chi connectivity index (χ1) is 15.4. The Morgan fingerprint density at radius 3 is 2.66 bits per heavy atom. The van der Waals surface area contributed by atoms with Gasteiger partial charge >= 0.3 is 0 Å². The average Bonchev–Trinajstić information content (AvgIpc) is 3.48. The second kappa shape index (κ2) is 8.31. The highest BCUT2D eigenvalue weighted by Gasteiger charge is 2.36. The third-order valence-corrected chi connectivity index (χ3v) is 7.43. The minimum atomic E-state index is -2.69. The lowest BCUT2D eigenvalue weighted by Gasteiger charge is -2.31. The van der Waals surface area contributed by atoms with Crippen molar-refractivity contribution >= 4 is 34.5 Å². The van der Waals surface area contributed by atoms with Gasteiger partial charge in [-0.3, -0.25) is 9.59 Å². The van der Waals surface area contributed by atoms with Gasteiger partial charge in [-0.2, -0.15) is 11.8 Å². The van der Waals surface area contributed by atoms with Gasteiger partial charge in [0.05, 0.1) is 5.56 Å². The molecule has 166 valence electrons. The lowest BCUT2D eigenvalue weighted by atomic mass is 9.97. The van der Waals surface area contributed by atoms with E-state index in [-0.39, 0.29) is 43.5 Å². The fourth-order valence-corrected chi connectivity index (χ4v) is 5.58. The molecule has 1 atom stereocenters. The predicted molar refractivity (Wildman–Crippen MR) is 121 cm³/mol. The Hall–Kier alpha value is -2.74. The molecule has 2 aliphatic rings. The molecule has 3 aromatic rings. The predicted octanol–water partition coefficient (Wildman–Crippen LogP) is 4.83. The van der Waals surface area contributed by atoms with Crippen molar-refractivity contribution in [3.63, 3.8) is 0 Å². The molecule has 2 aromatic heterocycles. The molecular formula is C24H23F2N3O2S. The molecule has 2 saturated heterocycles. The van der Waals surface area contributed by atoms with Crippen LogP contribution in [0.2, 0.25) is 0 Å². The highest BCUT2D eigenvalue weighted by molar-refractivity contribution is 7.99. The molecule has 5 rings (SSSR count). The standard InChI is InChI=1S/C24H23F2N3O2S/c25-24(26)6-9-28(10-7-24)23(31)19-12-17-4-8-29(22(17)27-14-19)20-3-1-2-16(13-20)21(30)18-5-11-32-15-18/h1-4,8,12-14,18H,5-7,9-11,15H2. The number of carbonyl (C=O) groups is 2. The van der Waals surface area contributed by atoms with E-state index in [0.29, 0.717) is 16.8 Å². The van der Waals surface area contributed by atoms with Crippen molar-refractivity contribution in [3.8, 4) is 5.69 Å². The maximum Gasteiger partial charge on any atom is 0.255 e. The summed E-state index contributed by atoms with van der Waals surface area (Å²) in [4.78, 5) is 31.5. The Kier molecular flexibility index (Phi) is 5.49. The number of likely N-dealkylation sites (tertiary alicyclic amines) is 1. The number of aromatic nitrogens is 2. The summed E-state index contributed by atoms with van der Waals surface area (Å²) in [5.74, 6) is -0.793. The van der Waals surface area contributed by atoms with Crippen molar-refractivity contribution in [2.24, 2.45) is 5.92 Å². The molecule has 2 fully saturated rings. The molecule has 0 N–H and O–H groups in total. The Bertz CT molecular complexity index is 1180. The fourth-order valence-electron chi connectivity index (χ4n) is 4.35. The van der Waals surface area contributed by atoms with E-state index in [4.69, 9.17) is 0 Å². The summed E-state index contributed by atoms with van der Waals surface area (Å²) in [6, 6.07) is 11.2. The Labute approximate surface area is 188 Å². The normalized spacial score (nSPS) is 20.6. The molecule has 0 bridgehead atoms. The zero-order valence-electron chi connectivity index (χ0n) is 17.5. The van der Waals surface area contributed by atoms with Gasteiger partial charge in [0.25, 0.3) is 11.8 Å². The van der Waals surface area contributed by atoms with Crippen LogP contribution < -0.4 is 0 Å².